The molecule has 3 saturated carbocycles. The molecule has 0 spiro atoms. The molecule has 0 aromatic rings. The van der Waals surface area contributed by atoms with Gasteiger partial charge in [-0.05, 0) is 157 Å². The fourth-order valence-corrected chi connectivity index (χ4v) is 13.2. The van der Waals surface area contributed by atoms with Gasteiger partial charge in [-0.1, -0.05) is 80.2 Å². The predicted molar refractivity (Wildman–Crippen MR) is 208 cm³/mol. The minimum atomic E-state index is 0.281. The summed E-state index contributed by atoms with van der Waals surface area (Å²) in [7, 11) is 4.03. The lowest BCUT2D eigenvalue weighted by molar-refractivity contribution is -0.130. The van der Waals surface area contributed by atoms with Crippen LogP contribution < -0.4 is 16.8 Å². The monoisotopic (exact) mass is 691 g/mol. The maximum atomic E-state index is 13.2. The van der Waals surface area contributed by atoms with E-state index in [1.54, 1.807) is 5.57 Å². The summed E-state index contributed by atoms with van der Waals surface area (Å²) in [5.74, 6) is 7.78. The van der Waals surface area contributed by atoms with Gasteiger partial charge < -0.3 is 21.7 Å². The van der Waals surface area contributed by atoms with E-state index >= 15 is 0 Å². The van der Waals surface area contributed by atoms with Gasteiger partial charge in [-0.3, -0.25) is 4.79 Å². The van der Waals surface area contributed by atoms with Gasteiger partial charge in [0.15, 0.2) is 0 Å². The number of nitrogens with two attached hydrogens (primary N) is 2. The van der Waals surface area contributed by atoms with Crippen molar-refractivity contribution in [2.45, 2.75) is 142 Å². The SMILES string of the molecule is CC(C)CCC[C@@H](C)[C@H]1CC[C@H]2[C@@H]1CC[C@H]1[C@H]2CC=C2C[C@@](C)(SSCCC(=O)N(CCCN)CCCCNCCCN)CC[C@@]21C. The van der Waals surface area contributed by atoms with E-state index in [0.29, 0.717) is 24.3 Å². The van der Waals surface area contributed by atoms with Crippen LogP contribution in [-0.4, -0.2) is 60.6 Å². The van der Waals surface area contributed by atoms with Crippen LogP contribution in [0.25, 0.3) is 0 Å². The van der Waals surface area contributed by atoms with E-state index in [4.69, 9.17) is 11.5 Å². The lowest BCUT2D eigenvalue weighted by Crippen LogP contribution is -2.49. The second kappa shape index (κ2) is 19.4. The Morgan fingerprint density at radius 1 is 0.915 bits per heavy atom. The van der Waals surface area contributed by atoms with Gasteiger partial charge in [0.1, 0.15) is 0 Å². The second-order valence-electron chi connectivity index (χ2n) is 17.0. The molecule has 0 unspecified atom stereocenters. The molecule has 0 heterocycles. The number of nitrogens with zero attached hydrogens (tertiary/aromatic N) is 1. The maximum Gasteiger partial charge on any atom is 0.223 e. The summed E-state index contributed by atoms with van der Waals surface area (Å²) < 4.78 is 0.281. The van der Waals surface area contributed by atoms with Crippen LogP contribution in [0.2, 0.25) is 0 Å². The number of carbonyl (C=O) groups excluding carboxylic acids is 1. The number of carbonyl (C=O) groups is 1. The largest absolute Gasteiger partial charge is 0.343 e. The Morgan fingerprint density at radius 3 is 2.43 bits per heavy atom. The molecule has 0 radical (unpaired) electrons. The molecule has 4 aliphatic carbocycles. The molecule has 8 atom stereocenters. The van der Waals surface area contributed by atoms with Gasteiger partial charge in [0.25, 0.3) is 0 Å². The van der Waals surface area contributed by atoms with Gasteiger partial charge in [0.2, 0.25) is 5.91 Å². The molecule has 272 valence electrons. The van der Waals surface area contributed by atoms with Crippen molar-refractivity contribution in [3.05, 3.63) is 11.6 Å². The number of hydrogen-bond donors (Lipinski definition) is 3. The maximum absolute atomic E-state index is 13.2. The quantitative estimate of drug-likeness (QED) is 0.0633. The van der Waals surface area contributed by atoms with Crippen LogP contribution >= 0.6 is 21.6 Å². The third kappa shape index (κ3) is 10.9. The molecule has 4 aliphatic rings. The third-order valence-electron chi connectivity index (χ3n) is 13.1. The number of nitrogens with one attached hydrogen (secondary N) is 1. The van der Waals surface area contributed by atoms with Gasteiger partial charge in [-0.15, -0.1) is 0 Å². The third-order valence-corrected chi connectivity index (χ3v) is 16.4. The van der Waals surface area contributed by atoms with Crippen molar-refractivity contribution in [2.24, 2.45) is 58.3 Å². The molecule has 0 aliphatic heterocycles. The van der Waals surface area contributed by atoms with Gasteiger partial charge >= 0.3 is 0 Å². The molecule has 7 heteroatoms. The van der Waals surface area contributed by atoms with Crippen molar-refractivity contribution in [1.82, 2.24) is 10.2 Å². The number of hydrogen-bond acceptors (Lipinski definition) is 6. The van der Waals surface area contributed by atoms with Gasteiger partial charge in [-0.2, -0.15) is 0 Å². The van der Waals surface area contributed by atoms with Crippen molar-refractivity contribution >= 4 is 27.5 Å². The van der Waals surface area contributed by atoms with Crippen LogP contribution in [0.3, 0.4) is 0 Å². The van der Waals surface area contributed by atoms with E-state index in [0.717, 1.165) is 106 Å². The minimum Gasteiger partial charge on any atom is -0.343 e. The van der Waals surface area contributed by atoms with Gasteiger partial charge in [0, 0.05) is 30.0 Å². The van der Waals surface area contributed by atoms with Crippen molar-refractivity contribution < 1.29 is 4.79 Å². The fourth-order valence-electron chi connectivity index (χ4n) is 10.3. The number of fused-ring (bicyclic) bond motifs is 5. The number of unbranched alkanes of at least 4 members (excludes halogenated alkanes) is 1. The van der Waals surface area contributed by atoms with Crippen molar-refractivity contribution in [1.29, 1.82) is 0 Å². The first kappa shape index (κ1) is 39.6. The van der Waals surface area contributed by atoms with Crippen LogP contribution in [-0.2, 0) is 4.79 Å². The smallest absolute Gasteiger partial charge is 0.223 e. The van der Waals surface area contributed by atoms with E-state index < -0.39 is 0 Å². The lowest BCUT2D eigenvalue weighted by Gasteiger charge is -2.57. The van der Waals surface area contributed by atoms with Crippen molar-refractivity contribution in [2.75, 3.05) is 45.0 Å². The normalized spacial score (nSPS) is 32.4. The zero-order valence-corrected chi connectivity index (χ0v) is 32.8. The summed E-state index contributed by atoms with van der Waals surface area (Å²) in [6, 6.07) is 0. The molecule has 47 heavy (non-hydrogen) atoms. The topological polar surface area (TPSA) is 84.4 Å². The molecule has 4 rings (SSSR count). The molecular formula is C40H74N4OS2. The first-order chi connectivity index (χ1) is 22.6. The first-order valence-electron chi connectivity index (χ1n) is 20.0. The van der Waals surface area contributed by atoms with E-state index in [1.807, 2.05) is 10.8 Å². The van der Waals surface area contributed by atoms with Gasteiger partial charge in [-0.25, -0.2) is 0 Å². The summed E-state index contributed by atoms with van der Waals surface area (Å²) in [5.41, 5.74) is 13.6. The minimum absolute atomic E-state index is 0.281. The summed E-state index contributed by atoms with van der Waals surface area (Å²) in [5, 5.41) is 3.45. The fraction of sp³-hybridized carbons (Fsp3) is 0.925. The highest BCUT2D eigenvalue weighted by atomic mass is 33.1. The standard InChI is InChI=1S/C40H74N4OS2/c1-30(2)11-8-12-31(3)33-15-16-35-34(33)17-18-37-36(35)14-13-32-29-39(4,20-21-40(32,37)5)47-46-28-19-38(45)44(27-10-23-42)26-7-6-24-43-25-9-22-41/h13,30-31,33-37,43H,6-12,14-29,41-42H2,1-5H3/t31-,33-,34-,35+,36+,37+,39+,40+/m1/s1. The zero-order chi connectivity index (χ0) is 33.9. The number of amides is 1. The van der Waals surface area contributed by atoms with Crippen LogP contribution in [0.5, 0.6) is 0 Å². The van der Waals surface area contributed by atoms with Crippen LogP contribution in [0.15, 0.2) is 11.6 Å². The molecule has 0 aromatic heterocycles. The molecule has 3 fully saturated rings. The molecule has 0 aromatic carbocycles. The van der Waals surface area contributed by atoms with E-state index in [1.165, 1.54) is 70.6 Å². The van der Waals surface area contributed by atoms with Crippen molar-refractivity contribution in [3.8, 4) is 0 Å². The molecule has 1 amide bonds. The summed E-state index contributed by atoms with van der Waals surface area (Å²) in [6.07, 6.45) is 22.9. The van der Waals surface area contributed by atoms with Crippen LogP contribution in [0, 0.1) is 46.8 Å². The second-order valence-corrected chi connectivity index (χ2v) is 20.0. The van der Waals surface area contributed by atoms with E-state index in [2.05, 4.69) is 61.7 Å². The summed E-state index contributed by atoms with van der Waals surface area (Å²) in [6.45, 7) is 17.5. The van der Waals surface area contributed by atoms with E-state index in [-0.39, 0.29) is 4.75 Å². The number of allylic oxidation sites excluding steroid dienone is 2. The Hall–Kier alpha value is -0.210. The highest BCUT2D eigenvalue weighted by Crippen LogP contribution is 2.65. The first-order valence-corrected chi connectivity index (χ1v) is 22.3. The van der Waals surface area contributed by atoms with Crippen LogP contribution in [0.1, 0.15) is 137 Å². The summed E-state index contributed by atoms with van der Waals surface area (Å²) >= 11 is 0. The Bertz CT molecular complexity index is 976. The Morgan fingerprint density at radius 2 is 1.66 bits per heavy atom. The highest BCUT2D eigenvalue weighted by Gasteiger charge is 2.55. The van der Waals surface area contributed by atoms with Gasteiger partial charge in [0.05, 0.1) is 0 Å². The van der Waals surface area contributed by atoms with Crippen LogP contribution in [0.4, 0.5) is 0 Å². The predicted octanol–water partition coefficient (Wildman–Crippen LogP) is 9.06. The van der Waals surface area contributed by atoms with E-state index in [9.17, 15) is 4.79 Å². The molecule has 5 nitrogen and oxygen atoms in total. The summed E-state index contributed by atoms with van der Waals surface area (Å²) in [4.78, 5) is 15.3. The average molecular weight is 691 g/mol. The highest BCUT2D eigenvalue weighted by molar-refractivity contribution is 8.77. The molecule has 0 saturated heterocycles. The molecule has 0 bridgehead atoms. The Balaban J connectivity index is 1.22. The van der Waals surface area contributed by atoms with Crippen molar-refractivity contribution in [3.63, 3.8) is 0 Å². The molecular weight excluding hydrogens is 617 g/mol. The number of rotatable bonds is 21. The Labute approximate surface area is 298 Å². The lowest BCUT2D eigenvalue weighted by atomic mass is 9.49. The molecule has 5 N–H and O–H groups in total. The average Bonchev–Trinajstić information content (AvgIpc) is 3.49. The zero-order valence-electron chi connectivity index (χ0n) is 31.2. The Kier molecular flexibility index (Phi) is 16.3.